The monoisotopic (exact) mass is 325 g/mol. The Morgan fingerprint density at radius 1 is 1.20 bits per heavy atom. The molecule has 2 atom stereocenters. The molecule has 0 saturated carbocycles. The van der Waals surface area contributed by atoms with Crippen LogP contribution >= 0.6 is 24.8 Å². The van der Waals surface area contributed by atoms with Gasteiger partial charge in [-0.3, -0.25) is 9.69 Å². The molecule has 120 valence electrons. The van der Waals surface area contributed by atoms with E-state index in [0.29, 0.717) is 11.9 Å². The molecule has 1 N–H and O–H groups in total. The molecular weight excluding hydrogens is 297 g/mol. The van der Waals surface area contributed by atoms with Crippen LogP contribution in [0.5, 0.6) is 0 Å². The number of hydrogen-bond acceptors (Lipinski definition) is 3. The number of rotatable bonds is 4. The van der Waals surface area contributed by atoms with Gasteiger partial charge in [-0.15, -0.1) is 24.8 Å². The van der Waals surface area contributed by atoms with Gasteiger partial charge in [0.05, 0.1) is 0 Å². The Morgan fingerprint density at radius 3 is 2.45 bits per heavy atom. The van der Waals surface area contributed by atoms with Crippen molar-refractivity contribution in [3.63, 3.8) is 0 Å². The second kappa shape index (κ2) is 9.82. The maximum Gasteiger partial charge on any atom is 0.226 e. The zero-order valence-electron chi connectivity index (χ0n) is 12.6. The van der Waals surface area contributed by atoms with Crippen LogP contribution in [0.15, 0.2) is 0 Å². The predicted octanol–water partition coefficient (Wildman–Crippen LogP) is 1.77. The summed E-state index contributed by atoms with van der Waals surface area (Å²) >= 11 is 0. The Bertz CT molecular complexity index is 286. The maximum atomic E-state index is 12.2. The number of halogens is 2. The molecule has 0 aromatic carbocycles. The van der Waals surface area contributed by atoms with Crippen LogP contribution in [0.4, 0.5) is 0 Å². The molecule has 0 aromatic rings. The normalized spacial score (nSPS) is 24.7. The number of likely N-dealkylation sites (tertiary alicyclic amines) is 2. The largest absolute Gasteiger partial charge is 0.341 e. The minimum atomic E-state index is 0. The molecule has 6 heteroatoms. The van der Waals surface area contributed by atoms with E-state index in [1.807, 2.05) is 14.0 Å². The summed E-state index contributed by atoms with van der Waals surface area (Å²) in [7, 11) is 1.91. The SMILES string of the molecule is CNCC(C)C(=O)N1CCC(N2CCCCC2)C1.Cl.Cl. The van der Waals surface area contributed by atoms with Gasteiger partial charge in [-0.05, 0) is 39.4 Å². The van der Waals surface area contributed by atoms with Gasteiger partial charge in [0.15, 0.2) is 0 Å². The van der Waals surface area contributed by atoms with Crippen molar-refractivity contribution in [2.24, 2.45) is 5.92 Å². The van der Waals surface area contributed by atoms with Crippen molar-refractivity contribution in [1.29, 1.82) is 0 Å². The highest BCUT2D eigenvalue weighted by molar-refractivity contribution is 5.85. The second-order valence-corrected chi connectivity index (χ2v) is 5.78. The van der Waals surface area contributed by atoms with E-state index in [1.54, 1.807) is 0 Å². The van der Waals surface area contributed by atoms with Crippen LogP contribution in [0.1, 0.15) is 32.6 Å². The van der Waals surface area contributed by atoms with Crippen LogP contribution in [-0.2, 0) is 4.79 Å². The van der Waals surface area contributed by atoms with Gasteiger partial charge in [-0.25, -0.2) is 0 Å². The maximum absolute atomic E-state index is 12.2. The number of hydrogen-bond donors (Lipinski definition) is 1. The molecule has 0 aliphatic carbocycles. The minimum absolute atomic E-state index is 0. The number of nitrogens with one attached hydrogen (secondary N) is 1. The highest BCUT2D eigenvalue weighted by Gasteiger charge is 2.32. The van der Waals surface area contributed by atoms with E-state index in [-0.39, 0.29) is 30.7 Å². The van der Waals surface area contributed by atoms with Gasteiger partial charge in [0.25, 0.3) is 0 Å². The van der Waals surface area contributed by atoms with Gasteiger partial charge >= 0.3 is 0 Å². The standard InChI is InChI=1S/C14H27N3O.2ClH/c1-12(10-15-2)14(18)17-9-6-13(11-17)16-7-4-3-5-8-16;;/h12-13,15H,3-11H2,1-2H3;2*1H. The molecule has 1 amide bonds. The number of piperidine rings is 1. The first-order chi connectivity index (χ1) is 8.72. The highest BCUT2D eigenvalue weighted by Crippen LogP contribution is 2.21. The van der Waals surface area contributed by atoms with Crippen LogP contribution in [0.25, 0.3) is 0 Å². The first-order valence-electron chi connectivity index (χ1n) is 7.40. The zero-order valence-corrected chi connectivity index (χ0v) is 14.3. The molecule has 20 heavy (non-hydrogen) atoms. The molecule has 0 spiro atoms. The Labute approximate surface area is 135 Å². The molecule has 0 bridgehead atoms. The third kappa shape index (κ3) is 5.06. The lowest BCUT2D eigenvalue weighted by molar-refractivity contribution is -0.133. The molecule has 2 heterocycles. The van der Waals surface area contributed by atoms with Crippen molar-refractivity contribution in [3.8, 4) is 0 Å². The lowest BCUT2D eigenvalue weighted by Gasteiger charge is -2.32. The third-order valence-corrected chi connectivity index (χ3v) is 4.31. The van der Waals surface area contributed by atoms with E-state index in [0.717, 1.165) is 26.1 Å². The van der Waals surface area contributed by atoms with Gasteiger partial charge in [0.1, 0.15) is 0 Å². The Morgan fingerprint density at radius 2 is 1.85 bits per heavy atom. The molecule has 2 saturated heterocycles. The molecular formula is C14H29Cl2N3O. The van der Waals surface area contributed by atoms with Crippen molar-refractivity contribution >= 4 is 30.7 Å². The average molecular weight is 326 g/mol. The van der Waals surface area contributed by atoms with Crippen molar-refractivity contribution in [3.05, 3.63) is 0 Å². The van der Waals surface area contributed by atoms with E-state index < -0.39 is 0 Å². The number of carbonyl (C=O) groups is 1. The van der Waals surface area contributed by atoms with Crippen molar-refractivity contribution < 1.29 is 4.79 Å². The Balaban J connectivity index is 0.00000180. The van der Waals surface area contributed by atoms with Gasteiger partial charge < -0.3 is 10.2 Å². The van der Waals surface area contributed by atoms with E-state index in [4.69, 9.17) is 0 Å². The summed E-state index contributed by atoms with van der Waals surface area (Å²) in [5.74, 6) is 0.430. The van der Waals surface area contributed by atoms with Gasteiger partial charge in [-0.2, -0.15) is 0 Å². The van der Waals surface area contributed by atoms with Gasteiger partial charge in [0.2, 0.25) is 5.91 Å². The van der Waals surface area contributed by atoms with E-state index in [2.05, 4.69) is 15.1 Å². The molecule has 2 aliphatic rings. The van der Waals surface area contributed by atoms with Crippen molar-refractivity contribution in [2.45, 2.75) is 38.6 Å². The molecule has 4 nitrogen and oxygen atoms in total. The fourth-order valence-corrected chi connectivity index (χ4v) is 3.23. The lowest BCUT2D eigenvalue weighted by atomic mass is 10.1. The van der Waals surface area contributed by atoms with Gasteiger partial charge in [-0.1, -0.05) is 13.3 Å². The summed E-state index contributed by atoms with van der Waals surface area (Å²) in [6, 6.07) is 0.621. The first-order valence-corrected chi connectivity index (χ1v) is 7.40. The summed E-state index contributed by atoms with van der Waals surface area (Å²) < 4.78 is 0. The molecule has 2 rings (SSSR count). The summed E-state index contributed by atoms with van der Waals surface area (Å²) in [6.45, 7) is 7.18. The fraction of sp³-hybridized carbons (Fsp3) is 0.929. The quantitative estimate of drug-likeness (QED) is 0.855. The van der Waals surface area contributed by atoms with E-state index in [1.165, 1.54) is 32.4 Å². The Kier molecular flexibility index (Phi) is 9.81. The van der Waals surface area contributed by atoms with E-state index >= 15 is 0 Å². The smallest absolute Gasteiger partial charge is 0.226 e. The summed E-state index contributed by atoms with van der Waals surface area (Å²) in [5, 5.41) is 3.09. The summed E-state index contributed by atoms with van der Waals surface area (Å²) in [5.41, 5.74) is 0. The average Bonchev–Trinajstić information content (AvgIpc) is 2.89. The van der Waals surface area contributed by atoms with Crippen molar-refractivity contribution in [2.75, 3.05) is 39.8 Å². The van der Waals surface area contributed by atoms with Crippen LogP contribution < -0.4 is 5.32 Å². The molecule has 0 radical (unpaired) electrons. The molecule has 2 unspecified atom stereocenters. The van der Waals surface area contributed by atoms with Crippen LogP contribution in [0.2, 0.25) is 0 Å². The highest BCUT2D eigenvalue weighted by atomic mass is 35.5. The fourth-order valence-electron chi connectivity index (χ4n) is 3.23. The lowest BCUT2D eigenvalue weighted by Crippen LogP contribution is -2.43. The van der Waals surface area contributed by atoms with Crippen LogP contribution in [-0.4, -0.2) is 61.5 Å². The molecule has 2 aliphatic heterocycles. The third-order valence-electron chi connectivity index (χ3n) is 4.31. The molecule has 2 fully saturated rings. The van der Waals surface area contributed by atoms with Crippen molar-refractivity contribution in [1.82, 2.24) is 15.1 Å². The minimum Gasteiger partial charge on any atom is -0.341 e. The number of nitrogens with zero attached hydrogens (tertiary/aromatic N) is 2. The second-order valence-electron chi connectivity index (χ2n) is 5.78. The van der Waals surface area contributed by atoms with Gasteiger partial charge in [0, 0.05) is 31.6 Å². The zero-order chi connectivity index (χ0) is 13.0. The number of amides is 1. The topological polar surface area (TPSA) is 35.6 Å². The van der Waals surface area contributed by atoms with E-state index in [9.17, 15) is 4.79 Å². The summed E-state index contributed by atoms with van der Waals surface area (Å²) in [6.07, 6.45) is 5.21. The molecule has 0 aromatic heterocycles. The van der Waals surface area contributed by atoms with Crippen LogP contribution in [0.3, 0.4) is 0 Å². The number of carbonyl (C=O) groups excluding carboxylic acids is 1. The first kappa shape index (κ1) is 20.0. The Hall–Kier alpha value is -0.0300. The van der Waals surface area contributed by atoms with Crippen LogP contribution in [0, 0.1) is 5.92 Å². The predicted molar refractivity (Wildman–Crippen MR) is 88.0 cm³/mol. The summed E-state index contributed by atoms with van der Waals surface area (Å²) in [4.78, 5) is 16.9.